The van der Waals surface area contributed by atoms with E-state index in [0.717, 1.165) is 0 Å². The van der Waals surface area contributed by atoms with Crippen LogP contribution in [0.15, 0.2) is 48.5 Å². The van der Waals surface area contributed by atoms with E-state index in [9.17, 15) is 4.79 Å². The Hall–Kier alpha value is -1.51. The molecule has 2 aromatic rings. The molecular weight excluding hydrogens is 269 g/mol. The molecule has 0 bridgehead atoms. The highest BCUT2D eigenvalue weighted by atomic mass is 35.5. The third-order valence-corrected chi connectivity index (χ3v) is 3.00. The smallest absolute Gasteiger partial charge is 0.258 e. The fourth-order valence-electron chi connectivity index (χ4n) is 1.62. The molecule has 0 N–H and O–H groups in total. The molecule has 0 fully saturated rings. The molecule has 0 aromatic heterocycles. The van der Waals surface area contributed by atoms with E-state index < -0.39 is 0 Å². The summed E-state index contributed by atoms with van der Waals surface area (Å²) >= 11 is 11.8. The van der Waals surface area contributed by atoms with Crippen LogP contribution in [0.5, 0.6) is 0 Å². The standard InChI is InChI=1S/C14H11Cl2NO/c1-17(13-8-11(15)7-12(16)9-13)14(18)10-5-3-2-4-6-10/h2-9H,1H3. The van der Waals surface area contributed by atoms with Crippen molar-refractivity contribution in [2.75, 3.05) is 11.9 Å². The third kappa shape index (κ3) is 2.84. The summed E-state index contributed by atoms with van der Waals surface area (Å²) in [6.07, 6.45) is 0. The first-order valence-corrected chi connectivity index (χ1v) is 6.13. The van der Waals surface area contributed by atoms with Crippen molar-refractivity contribution in [3.63, 3.8) is 0 Å². The summed E-state index contributed by atoms with van der Waals surface area (Å²) in [4.78, 5) is 13.7. The lowest BCUT2D eigenvalue weighted by Gasteiger charge is -2.18. The number of carbonyl (C=O) groups is 1. The van der Waals surface area contributed by atoms with Crippen LogP contribution in [0.1, 0.15) is 10.4 Å². The van der Waals surface area contributed by atoms with Crippen molar-refractivity contribution in [3.8, 4) is 0 Å². The molecule has 0 radical (unpaired) electrons. The van der Waals surface area contributed by atoms with Crippen molar-refractivity contribution in [3.05, 3.63) is 64.1 Å². The van der Waals surface area contributed by atoms with Crippen molar-refractivity contribution >= 4 is 34.8 Å². The summed E-state index contributed by atoms with van der Waals surface area (Å²) < 4.78 is 0. The lowest BCUT2D eigenvalue weighted by molar-refractivity contribution is 0.0993. The van der Waals surface area contributed by atoms with Gasteiger partial charge in [0.25, 0.3) is 5.91 Å². The highest BCUT2D eigenvalue weighted by molar-refractivity contribution is 6.35. The molecule has 0 aliphatic heterocycles. The van der Waals surface area contributed by atoms with Crippen LogP contribution >= 0.6 is 23.2 Å². The van der Waals surface area contributed by atoms with Gasteiger partial charge in [0.15, 0.2) is 0 Å². The van der Waals surface area contributed by atoms with Crippen molar-refractivity contribution in [2.45, 2.75) is 0 Å². The van der Waals surface area contributed by atoms with Crippen LogP contribution < -0.4 is 4.90 Å². The number of rotatable bonds is 2. The highest BCUT2D eigenvalue weighted by Crippen LogP contribution is 2.25. The average molecular weight is 280 g/mol. The van der Waals surface area contributed by atoms with Gasteiger partial charge in [0, 0.05) is 28.3 Å². The van der Waals surface area contributed by atoms with Gasteiger partial charge < -0.3 is 4.90 Å². The molecule has 2 aromatic carbocycles. The lowest BCUT2D eigenvalue weighted by Crippen LogP contribution is -2.26. The number of amides is 1. The fourth-order valence-corrected chi connectivity index (χ4v) is 2.14. The molecule has 2 nitrogen and oxygen atoms in total. The number of hydrogen-bond acceptors (Lipinski definition) is 1. The zero-order valence-electron chi connectivity index (χ0n) is 9.73. The van der Waals surface area contributed by atoms with E-state index in [1.54, 1.807) is 37.4 Å². The molecule has 0 atom stereocenters. The first-order valence-electron chi connectivity index (χ1n) is 5.37. The van der Waals surface area contributed by atoms with Crippen molar-refractivity contribution < 1.29 is 4.79 Å². The summed E-state index contributed by atoms with van der Waals surface area (Å²) in [6.45, 7) is 0. The Morgan fingerprint density at radius 1 is 1.00 bits per heavy atom. The molecular formula is C14H11Cl2NO. The molecule has 0 spiro atoms. The summed E-state index contributed by atoms with van der Waals surface area (Å²) in [5.74, 6) is -0.103. The number of benzene rings is 2. The minimum Gasteiger partial charge on any atom is -0.311 e. The van der Waals surface area contributed by atoms with E-state index in [-0.39, 0.29) is 5.91 Å². The summed E-state index contributed by atoms with van der Waals surface area (Å²) in [5.41, 5.74) is 1.29. The number of halogens is 2. The lowest BCUT2D eigenvalue weighted by atomic mass is 10.2. The quantitative estimate of drug-likeness (QED) is 0.804. The largest absolute Gasteiger partial charge is 0.311 e. The van der Waals surface area contributed by atoms with E-state index in [0.29, 0.717) is 21.3 Å². The molecule has 18 heavy (non-hydrogen) atoms. The SMILES string of the molecule is CN(C(=O)c1ccccc1)c1cc(Cl)cc(Cl)c1. The van der Waals surface area contributed by atoms with Gasteiger partial charge in [0.2, 0.25) is 0 Å². The van der Waals surface area contributed by atoms with Crippen molar-refractivity contribution in [1.29, 1.82) is 0 Å². The van der Waals surface area contributed by atoms with Gasteiger partial charge in [-0.05, 0) is 30.3 Å². The predicted molar refractivity (Wildman–Crippen MR) is 75.6 cm³/mol. The predicted octanol–water partition coefficient (Wildman–Crippen LogP) is 4.27. The van der Waals surface area contributed by atoms with Crippen molar-refractivity contribution in [2.24, 2.45) is 0 Å². The van der Waals surface area contributed by atoms with E-state index in [2.05, 4.69) is 0 Å². The zero-order valence-corrected chi connectivity index (χ0v) is 11.2. The van der Waals surface area contributed by atoms with Gasteiger partial charge >= 0.3 is 0 Å². The van der Waals surface area contributed by atoms with Gasteiger partial charge in [-0.25, -0.2) is 0 Å². The second-order valence-corrected chi connectivity index (χ2v) is 4.73. The van der Waals surface area contributed by atoms with Crippen LogP contribution in [0.3, 0.4) is 0 Å². The maximum atomic E-state index is 12.2. The van der Waals surface area contributed by atoms with Gasteiger partial charge in [-0.3, -0.25) is 4.79 Å². The number of anilines is 1. The maximum Gasteiger partial charge on any atom is 0.258 e. The Labute approximate surface area is 116 Å². The molecule has 1 amide bonds. The van der Waals surface area contributed by atoms with Gasteiger partial charge in [-0.2, -0.15) is 0 Å². The number of hydrogen-bond donors (Lipinski definition) is 0. The summed E-state index contributed by atoms with van der Waals surface area (Å²) in [5, 5.41) is 1.01. The van der Waals surface area contributed by atoms with E-state index in [1.807, 2.05) is 18.2 Å². The highest BCUT2D eigenvalue weighted by Gasteiger charge is 2.13. The Balaban J connectivity index is 2.31. The molecule has 0 saturated carbocycles. The van der Waals surface area contributed by atoms with Crippen LogP contribution in [0, 0.1) is 0 Å². The molecule has 0 saturated heterocycles. The van der Waals surface area contributed by atoms with Gasteiger partial charge in [0.1, 0.15) is 0 Å². The van der Waals surface area contributed by atoms with E-state index >= 15 is 0 Å². The first kappa shape index (κ1) is 12.9. The fraction of sp³-hybridized carbons (Fsp3) is 0.0714. The minimum absolute atomic E-state index is 0.103. The molecule has 2 rings (SSSR count). The molecule has 4 heteroatoms. The van der Waals surface area contributed by atoms with Crippen molar-refractivity contribution in [1.82, 2.24) is 0 Å². The van der Waals surface area contributed by atoms with Gasteiger partial charge in [-0.1, -0.05) is 41.4 Å². The molecule has 0 aliphatic rings. The minimum atomic E-state index is -0.103. The Bertz CT molecular complexity index is 549. The van der Waals surface area contributed by atoms with Gasteiger partial charge in [0.05, 0.1) is 0 Å². The van der Waals surface area contributed by atoms with Crippen LogP contribution in [0.4, 0.5) is 5.69 Å². The molecule has 0 heterocycles. The second kappa shape index (κ2) is 5.42. The van der Waals surface area contributed by atoms with Gasteiger partial charge in [-0.15, -0.1) is 0 Å². The second-order valence-electron chi connectivity index (χ2n) is 3.86. The van der Waals surface area contributed by atoms with E-state index in [4.69, 9.17) is 23.2 Å². The molecule has 0 aliphatic carbocycles. The van der Waals surface area contributed by atoms with Crippen LogP contribution in [0.25, 0.3) is 0 Å². The summed E-state index contributed by atoms with van der Waals surface area (Å²) in [7, 11) is 1.69. The Morgan fingerprint density at radius 2 is 1.56 bits per heavy atom. The summed E-state index contributed by atoms with van der Waals surface area (Å²) in [6, 6.07) is 14.1. The third-order valence-electron chi connectivity index (χ3n) is 2.56. The number of nitrogens with zero attached hydrogens (tertiary/aromatic N) is 1. The monoisotopic (exact) mass is 279 g/mol. The van der Waals surface area contributed by atoms with E-state index in [1.165, 1.54) is 4.90 Å². The zero-order chi connectivity index (χ0) is 13.1. The maximum absolute atomic E-state index is 12.2. The van der Waals surface area contributed by atoms with Crippen LogP contribution in [0.2, 0.25) is 10.0 Å². The Kier molecular flexibility index (Phi) is 3.90. The van der Waals surface area contributed by atoms with Crippen LogP contribution in [-0.2, 0) is 0 Å². The Morgan fingerprint density at radius 3 is 2.11 bits per heavy atom. The normalized spacial score (nSPS) is 10.2. The molecule has 0 unspecified atom stereocenters. The van der Waals surface area contributed by atoms with Crippen LogP contribution in [-0.4, -0.2) is 13.0 Å². The molecule has 92 valence electrons. The topological polar surface area (TPSA) is 20.3 Å². The number of carbonyl (C=O) groups excluding carboxylic acids is 1. The first-order chi connectivity index (χ1) is 8.58. The average Bonchev–Trinajstić information content (AvgIpc) is 2.37.